The van der Waals surface area contributed by atoms with Crippen LogP contribution in [0.1, 0.15) is 13.8 Å². The third-order valence-electron chi connectivity index (χ3n) is 5.10. The van der Waals surface area contributed by atoms with Gasteiger partial charge in [-0.1, -0.05) is 18.2 Å². The first-order valence-corrected chi connectivity index (χ1v) is 11.9. The van der Waals surface area contributed by atoms with Crippen LogP contribution in [0.5, 0.6) is 11.5 Å². The molecule has 0 radical (unpaired) electrons. The summed E-state index contributed by atoms with van der Waals surface area (Å²) in [4.78, 5) is 14.6. The third kappa shape index (κ3) is 5.64. The Labute approximate surface area is 195 Å². The average Bonchev–Trinajstić information content (AvgIpc) is 2.83. The van der Waals surface area contributed by atoms with Gasteiger partial charge in [-0.05, 0) is 74.5 Å². The lowest BCUT2D eigenvalue weighted by Gasteiger charge is -2.27. The van der Waals surface area contributed by atoms with Crippen molar-refractivity contribution < 1.29 is 22.7 Å². The number of carbonyl (C=O) groups excluding carboxylic acids is 1. The minimum absolute atomic E-state index is 0.0253. The fourth-order valence-electron chi connectivity index (χ4n) is 3.33. The molecule has 33 heavy (non-hydrogen) atoms. The molecule has 0 aromatic heterocycles. The maximum atomic E-state index is 12.9. The van der Waals surface area contributed by atoms with Crippen molar-refractivity contribution in [2.75, 3.05) is 30.0 Å². The van der Waals surface area contributed by atoms with E-state index >= 15 is 0 Å². The van der Waals surface area contributed by atoms with Gasteiger partial charge in [-0.3, -0.25) is 9.10 Å². The molecule has 0 aliphatic rings. The second-order valence-corrected chi connectivity index (χ2v) is 9.59. The van der Waals surface area contributed by atoms with Gasteiger partial charge in [0.1, 0.15) is 11.5 Å². The molecule has 0 atom stereocenters. The number of rotatable bonds is 9. The van der Waals surface area contributed by atoms with E-state index in [-0.39, 0.29) is 23.5 Å². The van der Waals surface area contributed by atoms with Crippen molar-refractivity contribution in [3.8, 4) is 11.5 Å². The first-order chi connectivity index (χ1) is 15.7. The van der Waals surface area contributed by atoms with Gasteiger partial charge in [-0.25, -0.2) is 8.42 Å². The van der Waals surface area contributed by atoms with E-state index in [0.29, 0.717) is 17.2 Å². The first-order valence-electron chi connectivity index (χ1n) is 10.5. The van der Waals surface area contributed by atoms with Gasteiger partial charge in [-0.15, -0.1) is 0 Å². The number of benzene rings is 3. The molecule has 174 valence electrons. The minimum Gasteiger partial charge on any atom is -0.497 e. The topological polar surface area (TPSA) is 76.1 Å². The van der Waals surface area contributed by atoms with E-state index in [4.69, 9.17) is 9.47 Å². The lowest BCUT2D eigenvalue weighted by atomic mass is 10.2. The number of anilines is 2. The standard InChI is InChI=1S/C25H28N2O5S/c1-19(2)27(21-8-6-5-7-9-21)25(28)18-32-23-12-10-20(11-13-23)26(3)33(29,30)24-16-14-22(31-4)15-17-24/h5-17,19H,18H2,1-4H3. The van der Waals surface area contributed by atoms with Crippen molar-refractivity contribution in [3.63, 3.8) is 0 Å². The molecular formula is C25H28N2O5S. The van der Waals surface area contributed by atoms with Gasteiger partial charge in [0, 0.05) is 18.8 Å². The van der Waals surface area contributed by atoms with Crippen molar-refractivity contribution in [2.24, 2.45) is 0 Å². The van der Waals surface area contributed by atoms with Crippen LogP contribution < -0.4 is 18.7 Å². The molecule has 0 saturated carbocycles. The molecule has 0 heterocycles. The van der Waals surface area contributed by atoms with Gasteiger partial charge in [-0.2, -0.15) is 0 Å². The SMILES string of the molecule is COc1ccc(S(=O)(=O)N(C)c2ccc(OCC(=O)N(c3ccccc3)C(C)C)cc2)cc1. The molecule has 3 aromatic carbocycles. The van der Waals surface area contributed by atoms with Gasteiger partial charge in [0.05, 0.1) is 17.7 Å². The second-order valence-electron chi connectivity index (χ2n) is 7.62. The van der Waals surface area contributed by atoms with Crippen LogP contribution in [0.4, 0.5) is 11.4 Å². The Kier molecular flexibility index (Phi) is 7.60. The van der Waals surface area contributed by atoms with E-state index in [1.54, 1.807) is 41.3 Å². The van der Waals surface area contributed by atoms with Crippen LogP contribution in [0.2, 0.25) is 0 Å². The molecule has 8 heteroatoms. The molecule has 7 nitrogen and oxygen atoms in total. The van der Waals surface area contributed by atoms with E-state index in [0.717, 1.165) is 5.69 Å². The predicted octanol–water partition coefficient (Wildman–Crippen LogP) is 4.34. The summed E-state index contributed by atoms with van der Waals surface area (Å²) in [5, 5.41) is 0. The zero-order valence-electron chi connectivity index (χ0n) is 19.1. The van der Waals surface area contributed by atoms with Crippen LogP contribution in [-0.4, -0.2) is 41.1 Å². The van der Waals surface area contributed by atoms with Crippen LogP contribution in [0.3, 0.4) is 0 Å². The van der Waals surface area contributed by atoms with Gasteiger partial charge >= 0.3 is 0 Å². The number of ether oxygens (including phenoxy) is 2. The number of methoxy groups -OCH3 is 1. The molecule has 0 unspecified atom stereocenters. The number of sulfonamides is 1. The fourth-order valence-corrected chi connectivity index (χ4v) is 4.53. The summed E-state index contributed by atoms with van der Waals surface area (Å²) in [6.07, 6.45) is 0. The largest absolute Gasteiger partial charge is 0.497 e. The van der Waals surface area contributed by atoms with Crippen LogP contribution in [-0.2, 0) is 14.8 Å². The third-order valence-corrected chi connectivity index (χ3v) is 6.90. The zero-order valence-corrected chi connectivity index (χ0v) is 20.0. The van der Waals surface area contributed by atoms with E-state index in [2.05, 4.69) is 0 Å². The van der Waals surface area contributed by atoms with Crippen LogP contribution >= 0.6 is 0 Å². The highest BCUT2D eigenvalue weighted by Gasteiger charge is 2.22. The monoisotopic (exact) mass is 468 g/mol. The molecular weight excluding hydrogens is 440 g/mol. The van der Waals surface area contributed by atoms with Crippen LogP contribution in [0.15, 0.2) is 83.8 Å². The first kappa shape index (κ1) is 24.1. The number of amides is 1. The summed E-state index contributed by atoms with van der Waals surface area (Å²) in [6, 6.07) is 22.2. The molecule has 0 spiro atoms. The summed E-state index contributed by atoms with van der Waals surface area (Å²) in [5.74, 6) is 0.884. The zero-order chi connectivity index (χ0) is 24.0. The van der Waals surface area contributed by atoms with E-state index in [9.17, 15) is 13.2 Å². The van der Waals surface area contributed by atoms with E-state index in [1.165, 1.54) is 30.6 Å². The second kappa shape index (κ2) is 10.4. The normalized spacial score (nSPS) is 11.2. The van der Waals surface area contributed by atoms with Crippen molar-refractivity contribution in [1.29, 1.82) is 0 Å². The summed E-state index contributed by atoms with van der Waals surface area (Å²) in [6.45, 7) is 3.75. The van der Waals surface area contributed by atoms with Crippen LogP contribution in [0, 0.1) is 0 Å². The Bertz CT molecular complexity index is 1160. The van der Waals surface area contributed by atoms with E-state index in [1.807, 2.05) is 44.2 Å². The lowest BCUT2D eigenvalue weighted by Crippen LogP contribution is -2.40. The summed E-state index contributed by atoms with van der Waals surface area (Å²) in [7, 11) is -0.723. The molecule has 0 aliphatic heterocycles. The Morgan fingerprint density at radius 1 is 0.848 bits per heavy atom. The molecule has 0 aliphatic carbocycles. The molecule has 0 fully saturated rings. The molecule has 0 N–H and O–H groups in total. The van der Waals surface area contributed by atoms with Crippen LogP contribution in [0.25, 0.3) is 0 Å². The molecule has 3 aromatic rings. The Morgan fingerprint density at radius 2 is 1.42 bits per heavy atom. The number of nitrogens with zero attached hydrogens (tertiary/aromatic N) is 2. The average molecular weight is 469 g/mol. The Balaban J connectivity index is 1.67. The number of para-hydroxylation sites is 1. The van der Waals surface area contributed by atoms with Crippen molar-refractivity contribution in [2.45, 2.75) is 24.8 Å². The van der Waals surface area contributed by atoms with Gasteiger partial charge < -0.3 is 14.4 Å². The maximum Gasteiger partial charge on any atom is 0.265 e. The smallest absolute Gasteiger partial charge is 0.265 e. The molecule has 0 bridgehead atoms. The fraction of sp³-hybridized carbons (Fsp3) is 0.240. The molecule has 3 rings (SSSR count). The molecule has 1 amide bonds. The minimum atomic E-state index is -3.73. The number of hydrogen-bond donors (Lipinski definition) is 0. The van der Waals surface area contributed by atoms with Crippen molar-refractivity contribution in [1.82, 2.24) is 0 Å². The number of carbonyl (C=O) groups is 1. The highest BCUT2D eigenvalue weighted by molar-refractivity contribution is 7.92. The quantitative estimate of drug-likeness (QED) is 0.467. The Hall–Kier alpha value is -3.52. The maximum absolute atomic E-state index is 12.9. The van der Waals surface area contributed by atoms with Crippen molar-refractivity contribution in [3.05, 3.63) is 78.9 Å². The summed E-state index contributed by atoms with van der Waals surface area (Å²) in [5.41, 5.74) is 1.28. The highest BCUT2D eigenvalue weighted by atomic mass is 32.2. The summed E-state index contributed by atoms with van der Waals surface area (Å²) >= 11 is 0. The van der Waals surface area contributed by atoms with Crippen molar-refractivity contribution >= 4 is 27.3 Å². The summed E-state index contributed by atoms with van der Waals surface area (Å²) < 4.78 is 37.8. The predicted molar refractivity (Wildman–Crippen MR) is 130 cm³/mol. The number of hydrogen-bond acceptors (Lipinski definition) is 5. The van der Waals surface area contributed by atoms with Gasteiger partial charge in [0.25, 0.3) is 15.9 Å². The molecule has 0 saturated heterocycles. The lowest BCUT2D eigenvalue weighted by molar-refractivity contribution is -0.120. The van der Waals surface area contributed by atoms with Gasteiger partial charge in [0.2, 0.25) is 0 Å². The highest BCUT2D eigenvalue weighted by Crippen LogP contribution is 2.26. The Morgan fingerprint density at radius 3 is 1.97 bits per heavy atom. The van der Waals surface area contributed by atoms with Gasteiger partial charge in [0.15, 0.2) is 6.61 Å². The van der Waals surface area contributed by atoms with E-state index < -0.39 is 10.0 Å².